The van der Waals surface area contributed by atoms with Gasteiger partial charge in [0.05, 0.1) is 22.0 Å². The maximum atomic E-state index is 12.9. The number of halogens is 4. The minimum absolute atomic E-state index is 0.0173. The van der Waals surface area contributed by atoms with E-state index in [0.717, 1.165) is 35.5 Å². The Labute approximate surface area is 192 Å². The van der Waals surface area contributed by atoms with Gasteiger partial charge in [0.1, 0.15) is 12.4 Å². The zero-order valence-corrected chi connectivity index (χ0v) is 18.8. The van der Waals surface area contributed by atoms with E-state index in [9.17, 15) is 18.0 Å². The van der Waals surface area contributed by atoms with Crippen molar-refractivity contribution in [3.63, 3.8) is 0 Å². The summed E-state index contributed by atoms with van der Waals surface area (Å²) < 4.78 is 46.3. The topological polar surface area (TPSA) is 69.0 Å². The first kappa shape index (κ1) is 23.9. The quantitative estimate of drug-likeness (QED) is 0.422. The largest absolute Gasteiger partial charge is 0.486 e. The van der Waals surface area contributed by atoms with Crippen LogP contribution in [0.4, 0.5) is 18.9 Å². The maximum Gasteiger partial charge on any atom is 0.416 e. The molecule has 0 spiro atoms. The minimum Gasteiger partial charge on any atom is -0.486 e. The first-order chi connectivity index (χ1) is 15.2. The molecule has 2 aromatic carbocycles. The zero-order valence-electron chi connectivity index (χ0n) is 17.2. The summed E-state index contributed by atoms with van der Waals surface area (Å²) in [6, 6.07) is 10.4. The van der Waals surface area contributed by atoms with Gasteiger partial charge in [-0.1, -0.05) is 35.5 Å². The van der Waals surface area contributed by atoms with Crippen molar-refractivity contribution in [2.75, 3.05) is 11.1 Å². The highest BCUT2D eigenvalue weighted by Gasteiger charge is 2.31. The maximum absolute atomic E-state index is 12.9. The van der Waals surface area contributed by atoms with Crippen molar-refractivity contribution in [1.29, 1.82) is 0 Å². The van der Waals surface area contributed by atoms with Gasteiger partial charge in [-0.25, -0.2) is 0 Å². The van der Waals surface area contributed by atoms with E-state index in [-0.39, 0.29) is 23.1 Å². The van der Waals surface area contributed by atoms with Crippen molar-refractivity contribution in [2.24, 2.45) is 0 Å². The van der Waals surface area contributed by atoms with Crippen LogP contribution in [0.15, 0.2) is 47.6 Å². The van der Waals surface area contributed by atoms with Crippen molar-refractivity contribution in [1.82, 2.24) is 14.8 Å². The van der Waals surface area contributed by atoms with Crippen LogP contribution < -0.4 is 10.1 Å². The van der Waals surface area contributed by atoms with Crippen molar-refractivity contribution in [3.8, 4) is 5.75 Å². The van der Waals surface area contributed by atoms with Crippen molar-refractivity contribution in [3.05, 3.63) is 64.4 Å². The van der Waals surface area contributed by atoms with Gasteiger partial charge in [-0.15, -0.1) is 10.2 Å². The Kier molecular flexibility index (Phi) is 7.68. The van der Waals surface area contributed by atoms with E-state index < -0.39 is 17.6 Å². The lowest BCUT2D eigenvalue weighted by atomic mass is 10.2. The molecule has 11 heteroatoms. The third-order valence-corrected chi connectivity index (χ3v) is 5.66. The Bertz CT molecular complexity index is 1100. The molecule has 1 N–H and O–H groups in total. The molecule has 1 heterocycles. The highest BCUT2D eigenvalue weighted by molar-refractivity contribution is 7.99. The first-order valence-corrected chi connectivity index (χ1v) is 10.9. The first-order valence-electron chi connectivity index (χ1n) is 9.58. The SMILES string of the molecule is CCn1c(COc2cccc(C)c2)nnc1SCC(=O)Nc1cc(C(F)(F)F)ccc1Cl. The molecule has 0 fully saturated rings. The molecule has 170 valence electrons. The Morgan fingerprint density at radius 3 is 2.69 bits per heavy atom. The fourth-order valence-electron chi connectivity index (χ4n) is 2.82. The number of carbonyl (C=O) groups is 1. The van der Waals surface area contributed by atoms with Crippen LogP contribution in [-0.2, 0) is 24.1 Å². The standard InChI is InChI=1S/C21H20ClF3N4O2S/c1-3-29-18(11-31-15-6-4-5-13(2)9-15)27-28-20(29)32-12-19(30)26-17-10-14(21(23,24)25)7-8-16(17)22/h4-10H,3,11-12H2,1-2H3,(H,26,30). The van der Waals surface area contributed by atoms with Gasteiger partial charge in [0.25, 0.3) is 0 Å². The second kappa shape index (κ2) is 10.3. The summed E-state index contributed by atoms with van der Waals surface area (Å²) in [5, 5.41) is 11.2. The van der Waals surface area contributed by atoms with E-state index in [0.29, 0.717) is 23.3 Å². The Morgan fingerprint density at radius 1 is 1.22 bits per heavy atom. The third-order valence-electron chi connectivity index (χ3n) is 4.37. The molecule has 6 nitrogen and oxygen atoms in total. The molecule has 0 aliphatic rings. The summed E-state index contributed by atoms with van der Waals surface area (Å²) in [7, 11) is 0. The molecule has 0 unspecified atom stereocenters. The van der Waals surface area contributed by atoms with E-state index in [1.54, 1.807) is 0 Å². The highest BCUT2D eigenvalue weighted by atomic mass is 35.5. The highest BCUT2D eigenvalue weighted by Crippen LogP contribution is 2.34. The van der Waals surface area contributed by atoms with E-state index in [1.165, 1.54) is 0 Å². The van der Waals surface area contributed by atoms with Gasteiger partial charge in [0.2, 0.25) is 5.91 Å². The van der Waals surface area contributed by atoms with Crippen molar-refractivity contribution in [2.45, 2.75) is 38.3 Å². The number of rotatable bonds is 8. The van der Waals surface area contributed by atoms with Crippen LogP contribution >= 0.6 is 23.4 Å². The number of benzene rings is 2. The lowest BCUT2D eigenvalue weighted by Gasteiger charge is -2.12. The summed E-state index contributed by atoms with van der Waals surface area (Å²) >= 11 is 7.04. The van der Waals surface area contributed by atoms with Crippen LogP contribution in [-0.4, -0.2) is 26.4 Å². The molecule has 1 amide bonds. The number of aromatic nitrogens is 3. The minimum atomic E-state index is -4.53. The number of ether oxygens (including phenoxy) is 1. The third kappa shape index (κ3) is 6.17. The summed E-state index contributed by atoms with van der Waals surface area (Å²) in [5.74, 6) is 0.711. The van der Waals surface area contributed by atoms with Gasteiger partial charge in [0, 0.05) is 6.54 Å². The van der Waals surface area contributed by atoms with Gasteiger partial charge >= 0.3 is 6.18 Å². The predicted octanol–water partition coefficient (Wildman–Crippen LogP) is 5.59. The number of hydrogen-bond donors (Lipinski definition) is 1. The average molecular weight is 485 g/mol. The van der Waals surface area contributed by atoms with Gasteiger partial charge in [-0.05, 0) is 49.7 Å². The van der Waals surface area contributed by atoms with Crippen LogP contribution in [0.2, 0.25) is 5.02 Å². The number of nitrogens with one attached hydrogen (secondary N) is 1. The fraction of sp³-hybridized carbons (Fsp3) is 0.286. The van der Waals surface area contributed by atoms with Gasteiger partial charge in [-0.2, -0.15) is 13.2 Å². The van der Waals surface area contributed by atoms with Crippen molar-refractivity contribution < 1.29 is 22.7 Å². The van der Waals surface area contributed by atoms with Crippen molar-refractivity contribution >= 4 is 35.0 Å². The fourth-order valence-corrected chi connectivity index (χ4v) is 3.80. The summed E-state index contributed by atoms with van der Waals surface area (Å²) in [4.78, 5) is 12.3. The second-order valence-electron chi connectivity index (χ2n) is 6.78. The molecule has 0 aliphatic carbocycles. The number of alkyl halides is 3. The number of aryl methyl sites for hydroxylation is 1. The number of anilines is 1. The molecular formula is C21H20ClF3N4O2S. The van der Waals surface area contributed by atoms with Crippen LogP contribution in [0, 0.1) is 6.92 Å². The molecule has 0 saturated heterocycles. The number of carbonyl (C=O) groups excluding carboxylic acids is 1. The van der Waals surface area contributed by atoms with Crippen LogP contribution in [0.1, 0.15) is 23.9 Å². The number of hydrogen-bond acceptors (Lipinski definition) is 5. The van der Waals surface area contributed by atoms with Gasteiger partial charge in [-0.3, -0.25) is 4.79 Å². The van der Waals surface area contributed by atoms with Crippen LogP contribution in [0.3, 0.4) is 0 Å². The molecule has 3 aromatic rings. The molecule has 3 rings (SSSR count). The summed E-state index contributed by atoms with van der Waals surface area (Å²) in [5.41, 5.74) is 0.0766. The molecule has 0 aliphatic heterocycles. The Balaban J connectivity index is 1.61. The summed E-state index contributed by atoms with van der Waals surface area (Å²) in [6.45, 7) is 4.64. The van der Waals surface area contributed by atoms with Crippen LogP contribution in [0.5, 0.6) is 5.75 Å². The average Bonchev–Trinajstić information content (AvgIpc) is 3.13. The predicted molar refractivity (Wildman–Crippen MR) is 117 cm³/mol. The number of thioether (sulfide) groups is 1. The summed E-state index contributed by atoms with van der Waals surface area (Å²) in [6.07, 6.45) is -4.53. The molecule has 0 bridgehead atoms. The lowest BCUT2D eigenvalue weighted by molar-refractivity contribution is -0.137. The monoisotopic (exact) mass is 484 g/mol. The Morgan fingerprint density at radius 2 is 2.00 bits per heavy atom. The second-order valence-corrected chi connectivity index (χ2v) is 8.13. The Hall–Kier alpha value is -2.72. The molecule has 0 atom stereocenters. The van der Waals surface area contributed by atoms with Gasteiger partial charge < -0.3 is 14.6 Å². The van der Waals surface area contributed by atoms with E-state index in [4.69, 9.17) is 16.3 Å². The lowest BCUT2D eigenvalue weighted by Crippen LogP contribution is -2.16. The molecule has 1 aromatic heterocycles. The smallest absolute Gasteiger partial charge is 0.416 e. The molecule has 0 radical (unpaired) electrons. The zero-order chi connectivity index (χ0) is 23.3. The molecular weight excluding hydrogens is 465 g/mol. The van der Waals surface area contributed by atoms with E-state index in [2.05, 4.69) is 15.5 Å². The van der Waals surface area contributed by atoms with Crippen LogP contribution in [0.25, 0.3) is 0 Å². The van der Waals surface area contributed by atoms with E-state index in [1.807, 2.05) is 42.7 Å². The number of amides is 1. The number of nitrogens with zero attached hydrogens (tertiary/aromatic N) is 3. The van der Waals surface area contributed by atoms with E-state index >= 15 is 0 Å². The van der Waals surface area contributed by atoms with Gasteiger partial charge in [0.15, 0.2) is 11.0 Å². The molecule has 0 saturated carbocycles. The normalized spacial score (nSPS) is 11.4. The molecule has 32 heavy (non-hydrogen) atoms.